The molecular weight excluding hydrogens is 299 g/mol. The minimum absolute atomic E-state index is 0.000680. The fourth-order valence-corrected chi connectivity index (χ4v) is 2.49. The summed E-state index contributed by atoms with van der Waals surface area (Å²) in [5.74, 6) is -1.09. The van der Waals surface area contributed by atoms with Gasteiger partial charge < -0.3 is 21.3 Å². The molecule has 0 aromatic heterocycles. The van der Waals surface area contributed by atoms with Crippen molar-refractivity contribution in [3.63, 3.8) is 0 Å². The van der Waals surface area contributed by atoms with Gasteiger partial charge in [0.25, 0.3) is 0 Å². The molecule has 1 fully saturated rings. The van der Waals surface area contributed by atoms with Crippen LogP contribution in [0.5, 0.6) is 0 Å². The van der Waals surface area contributed by atoms with E-state index in [0.29, 0.717) is 6.54 Å². The summed E-state index contributed by atoms with van der Waals surface area (Å²) >= 11 is 6.00. The van der Waals surface area contributed by atoms with Crippen LogP contribution in [0.15, 0.2) is 18.2 Å². The van der Waals surface area contributed by atoms with Crippen molar-refractivity contribution in [1.82, 2.24) is 15.5 Å². The Morgan fingerprint density at radius 3 is 3.00 bits per heavy atom. The maximum Gasteiger partial charge on any atom is 0.318 e. The third kappa shape index (κ3) is 3.25. The van der Waals surface area contributed by atoms with Crippen LogP contribution in [-0.4, -0.2) is 43.0 Å². The Morgan fingerprint density at radius 2 is 2.33 bits per heavy atom. The number of urea groups is 1. The number of nitrogens with two attached hydrogens (primary N) is 1. The van der Waals surface area contributed by atoms with E-state index in [9.17, 15) is 14.0 Å². The minimum Gasteiger partial charge on any atom is -0.352 e. The first-order chi connectivity index (χ1) is 10.1. The third-order valence-corrected chi connectivity index (χ3v) is 3.50. The summed E-state index contributed by atoms with van der Waals surface area (Å²) in [6.07, 6.45) is 0. The van der Waals surface area contributed by atoms with E-state index in [1.165, 1.54) is 23.1 Å². The Labute approximate surface area is 126 Å². The topological polar surface area (TPSA) is 87.5 Å². The van der Waals surface area contributed by atoms with Crippen LogP contribution in [0, 0.1) is 5.82 Å². The summed E-state index contributed by atoms with van der Waals surface area (Å²) in [5, 5.41) is 5.30. The van der Waals surface area contributed by atoms with E-state index in [1.807, 2.05) is 0 Å². The second-order valence-corrected chi connectivity index (χ2v) is 4.95. The van der Waals surface area contributed by atoms with Crippen LogP contribution in [0.3, 0.4) is 0 Å². The smallest absolute Gasteiger partial charge is 0.318 e. The number of halogens is 2. The van der Waals surface area contributed by atoms with Gasteiger partial charge in [0.15, 0.2) is 0 Å². The van der Waals surface area contributed by atoms with E-state index >= 15 is 0 Å². The highest BCUT2D eigenvalue weighted by atomic mass is 35.5. The average molecular weight is 315 g/mol. The number of hydrogen-bond donors (Lipinski definition) is 3. The zero-order valence-corrected chi connectivity index (χ0v) is 12.0. The zero-order valence-electron chi connectivity index (χ0n) is 11.2. The molecule has 1 atom stereocenters. The van der Waals surface area contributed by atoms with Crippen LogP contribution in [0.25, 0.3) is 0 Å². The van der Waals surface area contributed by atoms with E-state index in [2.05, 4.69) is 10.6 Å². The van der Waals surface area contributed by atoms with Crippen molar-refractivity contribution in [2.45, 2.75) is 6.04 Å². The quantitative estimate of drug-likeness (QED) is 0.764. The highest BCUT2D eigenvalue weighted by Gasteiger charge is 2.37. The van der Waals surface area contributed by atoms with Crippen LogP contribution in [0.1, 0.15) is 11.6 Å². The predicted molar refractivity (Wildman–Crippen MR) is 76.3 cm³/mol. The lowest BCUT2D eigenvalue weighted by molar-refractivity contribution is -0.127. The monoisotopic (exact) mass is 314 g/mol. The van der Waals surface area contributed by atoms with Crippen molar-refractivity contribution < 1.29 is 14.0 Å². The van der Waals surface area contributed by atoms with Crippen molar-refractivity contribution >= 4 is 23.5 Å². The molecule has 21 heavy (non-hydrogen) atoms. The van der Waals surface area contributed by atoms with Crippen LogP contribution in [0.4, 0.5) is 9.18 Å². The van der Waals surface area contributed by atoms with Crippen molar-refractivity contribution in [3.05, 3.63) is 34.6 Å². The summed E-state index contributed by atoms with van der Waals surface area (Å²) in [5.41, 5.74) is 5.33. The zero-order chi connectivity index (χ0) is 15.4. The molecule has 1 aromatic rings. The van der Waals surface area contributed by atoms with Crippen molar-refractivity contribution in [2.24, 2.45) is 5.73 Å². The third-order valence-electron chi connectivity index (χ3n) is 3.17. The molecule has 0 bridgehead atoms. The molecule has 0 saturated carbocycles. The molecule has 8 heteroatoms. The number of rotatable bonds is 3. The molecule has 0 spiro atoms. The molecule has 1 saturated heterocycles. The molecule has 3 amide bonds. The maximum absolute atomic E-state index is 14.1. The standard InChI is InChI=1S/C13H16ClFN4O2/c14-8-2-1-3-9(15)10(8)11-12(20)17-6-7-19(11)13(21)18-5-4-16/h1-3,11H,4-7,16H2,(H,17,20)(H,18,21). The van der Waals surface area contributed by atoms with Gasteiger partial charge in [0, 0.05) is 36.8 Å². The van der Waals surface area contributed by atoms with Gasteiger partial charge in [-0.1, -0.05) is 17.7 Å². The second kappa shape index (κ2) is 6.73. The largest absolute Gasteiger partial charge is 0.352 e. The predicted octanol–water partition coefficient (Wildman–Crippen LogP) is 0.620. The van der Waals surface area contributed by atoms with Gasteiger partial charge >= 0.3 is 6.03 Å². The molecule has 0 aliphatic carbocycles. The van der Waals surface area contributed by atoms with Gasteiger partial charge in [-0.05, 0) is 12.1 Å². The average Bonchev–Trinajstić information content (AvgIpc) is 2.46. The van der Waals surface area contributed by atoms with E-state index in [1.54, 1.807) is 0 Å². The first-order valence-corrected chi connectivity index (χ1v) is 6.90. The first-order valence-electron chi connectivity index (χ1n) is 6.52. The molecule has 1 aliphatic rings. The summed E-state index contributed by atoms with van der Waals surface area (Å²) in [7, 11) is 0. The molecule has 114 valence electrons. The van der Waals surface area contributed by atoms with Gasteiger partial charge in [-0.2, -0.15) is 0 Å². The number of carbonyl (C=O) groups excluding carboxylic acids is 2. The Bertz CT molecular complexity index is 535. The summed E-state index contributed by atoms with van der Waals surface area (Å²) in [6, 6.07) is 2.57. The summed E-state index contributed by atoms with van der Waals surface area (Å²) in [6.45, 7) is 1.11. The van der Waals surface area contributed by atoms with Crippen LogP contribution < -0.4 is 16.4 Å². The summed E-state index contributed by atoms with van der Waals surface area (Å²) < 4.78 is 14.1. The van der Waals surface area contributed by atoms with Gasteiger partial charge in [0.05, 0.1) is 0 Å². The Morgan fingerprint density at radius 1 is 1.57 bits per heavy atom. The molecule has 2 rings (SSSR count). The molecule has 6 nitrogen and oxygen atoms in total. The van der Waals surface area contributed by atoms with Gasteiger partial charge in [-0.25, -0.2) is 9.18 Å². The lowest BCUT2D eigenvalue weighted by Crippen LogP contribution is -2.55. The number of hydrogen-bond acceptors (Lipinski definition) is 3. The number of amides is 3. The first kappa shape index (κ1) is 15.5. The van der Waals surface area contributed by atoms with E-state index < -0.39 is 23.8 Å². The van der Waals surface area contributed by atoms with Crippen LogP contribution in [-0.2, 0) is 4.79 Å². The highest BCUT2D eigenvalue weighted by molar-refractivity contribution is 6.31. The summed E-state index contributed by atoms with van der Waals surface area (Å²) in [4.78, 5) is 25.5. The lowest BCUT2D eigenvalue weighted by atomic mass is 10.0. The van der Waals surface area contributed by atoms with Gasteiger partial charge in [-0.3, -0.25) is 4.79 Å². The fourth-order valence-electron chi connectivity index (χ4n) is 2.23. The lowest BCUT2D eigenvalue weighted by Gasteiger charge is -2.35. The van der Waals surface area contributed by atoms with E-state index in [0.717, 1.165) is 0 Å². The van der Waals surface area contributed by atoms with Gasteiger partial charge in [-0.15, -0.1) is 0 Å². The molecule has 1 unspecified atom stereocenters. The molecule has 1 aromatic carbocycles. The van der Waals surface area contributed by atoms with Crippen molar-refractivity contribution in [1.29, 1.82) is 0 Å². The van der Waals surface area contributed by atoms with Gasteiger partial charge in [0.1, 0.15) is 11.9 Å². The van der Waals surface area contributed by atoms with Gasteiger partial charge in [0.2, 0.25) is 5.91 Å². The SMILES string of the molecule is NCCNC(=O)N1CCNC(=O)C1c1c(F)cccc1Cl. The normalized spacial score (nSPS) is 18.3. The maximum atomic E-state index is 14.1. The Balaban J connectivity index is 2.35. The number of carbonyl (C=O) groups is 2. The van der Waals surface area contributed by atoms with Crippen molar-refractivity contribution in [3.8, 4) is 0 Å². The molecule has 1 heterocycles. The van der Waals surface area contributed by atoms with E-state index in [-0.39, 0.29) is 30.2 Å². The number of benzene rings is 1. The van der Waals surface area contributed by atoms with Crippen LogP contribution in [0.2, 0.25) is 5.02 Å². The molecular formula is C13H16ClFN4O2. The molecule has 0 radical (unpaired) electrons. The van der Waals surface area contributed by atoms with Crippen LogP contribution >= 0.6 is 11.6 Å². The minimum atomic E-state index is -1.09. The molecule has 1 aliphatic heterocycles. The number of nitrogens with one attached hydrogen (secondary N) is 2. The number of piperazine rings is 1. The molecule has 4 N–H and O–H groups in total. The van der Waals surface area contributed by atoms with Crippen molar-refractivity contribution in [2.75, 3.05) is 26.2 Å². The highest BCUT2D eigenvalue weighted by Crippen LogP contribution is 2.31. The second-order valence-electron chi connectivity index (χ2n) is 4.54. The number of nitrogens with zero attached hydrogens (tertiary/aromatic N) is 1. The fraction of sp³-hybridized carbons (Fsp3) is 0.385. The Kier molecular flexibility index (Phi) is 4.98. The van der Waals surface area contributed by atoms with E-state index in [4.69, 9.17) is 17.3 Å². The Hall–Kier alpha value is -1.86.